The highest BCUT2D eigenvalue weighted by atomic mass is 35.5. The van der Waals surface area contributed by atoms with E-state index in [4.69, 9.17) is 37.4 Å². The molecule has 1 N–H and O–H groups in total. The molecule has 3 rings (SSSR count). The van der Waals surface area contributed by atoms with E-state index in [0.717, 1.165) is 4.31 Å². The molecule has 0 fully saturated rings. The van der Waals surface area contributed by atoms with Gasteiger partial charge in [-0.05, 0) is 54.1 Å². The molecule has 0 aliphatic heterocycles. The number of nitrogens with one attached hydrogen (secondary N) is 1. The van der Waals surface area contributed by atoms with E-state index in [9.17, 15) is 13.2 Å². The Labute approximate surface area is 219 Å². The summed E-state index contributed by atoms with van der Waals surface area (Å²) in [6, 6.07) is 15.2. The number of carbonyl (C=O) groups is 1. The fourth-order valence-corrected chi connectivity index (χ4v) is 4.85. The Morgan fingerprint density at radius 2 is 1.61 bits per heavy atom. The number of hydrogen-bond acceptors (Lipinski definition) is 7. The summed E-state index contributed by atoms with van der Waals surface area (Å²) in [6.45, 7) is -0.554. The molecule has 0 unspecified atom stereocenters. The van der Waals surface area contributed by atoms with Crippen LogP contribution in [0.3, 0.4) is 0 Å². The number of ether oxygens (including phenoxy) is 3. The first-order valence-corrected chi connectivity index (χ1v) is 12.5. The second kappa shape index (κ2) is 12.0. The summed E-state index contributed by atoms with van der Waals surface area (Å²) in [5.41, 5.74) is 3.17. The summed E-state index contributed by atoms with van der Waals surface area (Å²) in [4.78, 5) is 12.6. The Morgan fingerprint density at radius 3 is 2.22 bits per heavy atom. The molecule has 0 saturated heterocycles. The zero-order valence-corrected chi connectivity index (χ0v) is 21.9. The lowest BCUT2D eigenvalue weighted by atomic mass is 10.2. The van der Waals surface area contributed by atoms with E-state index in [1.54, 1.807) is 30.3 Å². The summed E-state index contributed by atoms with van der Waals surface area (Å²) in [7, 11) is 0.131. The van der Waals surface area contributed by atoms with Gasteiger partial charge in [0.05, 0.1) is 48.2 Å². The molecule has 190 valence electrons. The van der Waals surface area contributed by atoms with Crippen LogP contribution >= 0.6 is 23.2 Å². The number of anilines is 1. The Bertz CT molecular complexity index is 1360. The summed E-state index contributed by atoms with van der Waals surface area (Å²) in [5, 5.41) is 4.60. The normalized spacial score (nSPS) is 11.2. The van der Waals surface area contributed by atoms with Gasteiger partial charge in [0, 0.05) is 6.07 Å². The first-order valence-electron chi connectivity index (χ1n) is 10.4. The highest BCUT2D eigenvalue weighted by Crippen LogP contribution is 2.32. The fourth-order valence-electron chi connectivity index (χ4n) is 3.11. The van der Waals surface area contributed by atoms with Crippen molar-refractivity contribution in [2.75, 3.05) is 32.2 Å². The van der Waals surface area contributed by atoms with Crippen LogP contribution in [0.1, 0.15) is 5.56 Å². The minimum absolute atomic E-state index is 0.0944. The number of methoxy groups -OCH3 is 3. The number of nitrogens with zero attached hydrogens (tertiary/aromatic N) is 2. The van der Waals surface area contributed by atoms with Crippen molar-refractivity contribution in [2.45, 2.75) is 4.90 Å². The molecule has 12 heteroatoms. The van der Waals surface area contributed by atoms with E-state index in [0.29, 0.717) is 27.1 Å². The second-order valence-corrected chi connectivity index (χ2v) is 9.87. The quantitative estimate of drug-likeness (QED) is 0.296. The monoisotopic (exact) mass is 551 g/mol. The van der Waals surface area contributed by atoms with Gasteiger partial charge >= 0.3 is 0 Å². The van der Waals surface area contributed by atoms with Crippen molar-refractivity contribution in [1.82, 2.24) is 5.43 Å². The van der Waals surface area contributed by atoms with Crippen LogP contribution in [-0.2, 0) is 14.8 Å². The van der Waals surface area contributed by atoms with E-state index in [1.807, 2.05) is 0 Å². The summed E-state index contributed by atoms with van der Waals surface area (Å²) in [5.74, 6) is 0.440. The van der Waals surface area contributed by atoms with Crippen LogP contribution < -0.4 is 23.9 Å². The summed E-state index contributed by atoms with van der Waals surface area (Å²) >= 11 is 11.9. The Kier molecular flexibility index (Phi) is 9.03. The number of hydrogen-bond donors (Lipinski definition) is 1. The molecule has 0 aromatic heterocycles. The number of halogens is 2. The van der Waals surface area contributed by atoms with Gasteiger partial charge in [0.25, 0.3) is 15.9 Å². The molecule has 0 heterocycles. The predicted molar refractivity (Wildman–Crippen MR) is 139 cm³/mol. The van der Waals surface area contributed by atoms with Gasteiger partial charge in [-0.15, -0.1) is 0 Å². The van der Waals surface area contributed by atoms with Crippen molar-refractivity contribution < 1.29 is 27.4 Å². The average Bonchev–Trinajstić information content (AvgIpc) is 2.88. The number of benzene rings is 3. The van der Waals surface area contributed by atoms with Gasteiger partial charge in [-0.25, -0.2) is 13.8 Å². The average molecular weight is 552 g/mol. The van der Waals surface area contributed by atoms with Gasteiger partial charge in [-0.1, -0.05) is 29.3 Å². The molecule has 0 atom stereocenters. The zero-order valence-electron chi connectivity index (χ0n) is 19.6. The first kappa shape index (κ1) is 27.1. The van der Waals surface area contributed by atoms with Crippen molar-refractivity contribution in [3.63, 3.8) is 0 Å². The Morgan fingerprint density at radius 1 is 0.917 bits per heavy atom. The minimum atomic E-state index is -4.20. The maximum absolute atomic E-state index is 13.6. The van der Waals surface area contributed by atoms with Gasteiger partial charge in [-0.3, -0.25) is 9.10 Å². The van der Waals surface area contributed by atoms with Crippen LogP contribution in [0.15, 0.2) is 70.7 Å². The highest BCUT2D eigenvalue weighted by molar-refractivity contribution is 7.92. The molecule has 9 nitrogen and oxygen atoms in total. The SMILES string of the molecule is COc1ccc(N(CC(=O)N/N=C\c2ccc(Cl)c(Cl)c2)S(=O)(=O)c2ccc(OC)c(OC)c2)cc1. The Hall–Kier alpha value is -3.47. The molecule has 0 saturated carbocycles. The molecule has 3 aromatic carbocycles. The van der Waals surface area contributed by atoms with Crippen molar-refractivity contribution in [3.8, 4) is 17.2 Å². The molecular weight excluding hydrogens is 529 g/mol. The fraction of sp³-hybridized carbons (Fsp3) is 0.167. The topological polar surface area (TPSA) is 107 Å². The predicted octanol–water partition coefficient (Wildman–Crippen LogP) is 4.36. The van der Waals surface area contributed by atoms with E-state index >= 15 is 0 Å². The molecule has 0 aliphatic carbocycles. The van der Waals surface area contributed by atoms with Crippen LogP contribution in [-0.4, -0.2) is 48.4 Å². The molecule has 0 bridgehead atoms. The zero-order chi connectivity index (χ0) is 26.3. The lowest BCUT2D eigenvalue weighted by Crippen LogP contribution is -2.39. The maximum atomic E-state index is 13.6. The summed E-state index contributed by atoms with van der Waals surface area (Å²) in [6.07, 6.45) is 1.36. The number of rotatable bonds is 10. The lowest BCUT2D eigenvalue weighted by Gasteiger charge is -2.24. The third kappa shape index (κ3) is 6.39. The molecule has 1 amide bonds. The van der Waals surface area contributed by atoms with Gasteiger partial charge < -0.3 is 14.2 Å². The maximum Gasteiger partial charge on any atom is 0.264 e. The van der Waals surface area contributed by atoms with Gasteiger partial charge in [-0.2, -0.15) is 5.10 Å². The highest BCUT2D eigenvalue weighted by Gasteiger charge is 2.28. The third-order valence-electron chi connectivity index (χ3n) is 4.94. The van der Waals surface area contributed by atoms with E-state index in [-0.39, 0.29) is 16.3 Å². The van der Waals surface area contributed by atoms with Crippen molar-refractivity contribution in [1.29, 1.82) is 0 Å². The standard InChI is InChI=1S/C24H23Cl2N3O6S/c1-33-18-7-5-17(6-8-18)29(36(31,32)19-9-11-22(34-2)23(13-19)35-3)15-24(30)28-27-14-16-4-10-20(25)21(26)12-16/h4-14H,15H2,1-3H3,(H,28,30)/b27-14-. The van der Waals surface area contributed by atoms with Crippen LogP contribution in [0, 0.1) is 0 Å². The van der Waals surface area contributed by atoms with Crippen molar-refractivity contribution >= 4 is 51.0 Å². The minimum Gasteiger partial charge on any atom is -0.497 e. The summed E-state index contributed by atoms with van der Waals surface area (Å²) < 4.78 is 43.8. The van der Waals surface area contributed by atoms with Crippen LogP contribution in [0.25, 0.3) is 0 Å². The number of sulfonamides is 1. The molecule has 36 heavy (non-hydrogen) atoms. The van der Waals surface area contributed by atoms with Gasteiger partial charge in [0.2, 0.25) is 0 Å². The lowest BCUT2D eigenvalue weighted by molar-refractivity contribution is -0.119. The van der Waals surface area contributed by atoms with Crippen molar-refractivity contribution in [2.24, 2.45) is 5.10 Å². The largest absolute Gasteiger partial charge is 0.497 e. The van der Waals surface area contributed by atoms with Gasteiger partial charge in [0.15, 0.2) is 11.5 Å². The molecule has 0 spiro atoms. The van der Waals surface area contributed by atoms with Crippen LogP contribution in [0.2, 0.25) is 10.0 Å². The van der Waals surface area contributed by atoms with E-state index < -0.39 is 22.5 Å². The van der Waals surface area contributed by atoms with Crippen LogP contribution in [0.4, 0.5) is 5.69 Å². The van der Waals surface area contributed by atoms with E-state index in [1.165, 1.54) is 57.9 Å². The smallest absolute Gasteiger partial charge is 0.264 e. The third-order valence-corrected chi connectivity index (χ3v) is 7.45. The molecule has 0 aliphatic rings. The first-order chi connectivity index (χ1) is 17.2. The second-order valence-electron chi connectivity index (χ2n) is 7.19. The number of carbonyl (C=O) groups excluding carboxylic acids is 1. The molecule has 3 aromatic rings. The van der Waals surface area contributed by atoms with E-state index in [2.05, 4.69) is 10.5 Å². The van der Waals surface area contributed by atoms with Gasteiger partial charge in [0.1, 0.15) is 12.3 Å². The Balaban J connectivity index is 1.90. The number of hydrazone groups is 1. The molecular formula is C24H23Cl2N3O6S. The van der Waals surface area contributed by atoms with Crippen LogP contribution in [0.5, 0.6) is 17.2 Å². The molecule has 0 radical (unpaired) electrons. The van der Waals surface area contributed by atoms with Crippen molar-refractivity contribution in [3.05, 3.63) is 76.3 Å². The number of amides is 1.